The molecule has 2 aromatic carbocycles. The Labute approximate surface area is 169 Å². The smallest absolute Gasteiger partial charge is 0.256 e. The van der Waals surface area contributed by atoms with E-state index in [2.05, 4.69) is 10.4 Å². The van der Waals surface area contributed by atoms with Crippen LogP contribution in [0.25, 0.3) is 11.5 Å². The maximum atomic E-state index is 13.0. The number of aryl methyl sites for hydroxylation is 1. The molecule has 0 saturated carbocycles. The molecule has 0 unspecified atom stereocenters. The average Bonchev–Trinajstić information content (AvgIpc) is 3.41. The summed E-state index contributed by atoms with van der Waals surface area (Å²) in [6, 6.07) is 19.5. The number of rotatable bonds is 6. The molecule has 6 nitrogen and oxygen atoms in total. The summed E-state index contributed by atoms with van der Waals surface area (Å²) in [5, 5.41) is 7.49. The van der Waals surface area contributed by atoms with Crippen LogP contribution in [0.2, 0.25) is 0 Å². The van der Waals surface area contributed by atoms with Crippen molar-refractivity contribution in [3.05, 3.63) is 95.9 Å². The SMILES string of the molecule is COc1cccc(CNC(=O)c2cnn(-c3cccc(C)c3)c2-n2cccc2)c1. The first-order valence-electron chi connectivity index (χ1n) is 9.35. The predicted octanol–water partition coefficient (Wildman–Crippen LogP) is 3.91. The molecule has 1 amide bonds. The summed E-state index contributed by atoms with van der Waals surface area (Å²) in [6.45, 7) is 2.43. The quantitative estimate of drug-likeness (QED) is 0.547. The van der Waals surface area contributed by atoms with Gasteiger partial charge in [0, 0.05) is 18.9 Å². The molecule has 0 bridgehead atoms. The van der Waals surface area contributed by atoms with E-state index in [0.29, 0.717) is 17.9 Å². The van der Waals surface area contributed by atoms with Gasteiger partial charge in [0.2, 0.25) is 0 Å². The van der Waals surface area contributed by atoms with Crippen molar-refractivity contribution < 1.29 is 9.53 Å². The Hall–Kier alpha value is -3.80. The minimum atomic E-state index is -0.185. The Kier molecular flexibility index (Phi) is 5.16. The fourth-order valence-electron chi connectivity index (χ4n) is 3.23. The number of amides is 1. The van der Waals surface area contributed by atoms with Crippen LogP contribution in [0, 0.1) is 6.92 Å². The van der Waals surface area contributed by atoms with Crippen molar-refractivity contribution in [2.24, 2.45) is 0 Å². The molecular formula is C23H22N4O2. The first-order valence-corrected chi connectivity index (χ1v) is 9.35. The number of carbonyl (C=O) groups excluding carboxylic acids is 1. The lowest BCUT2D eigenvalue weighted by Crippen LogP contribution is -2.24. The van der Waals surface area contributed by atoms with Crippen molar-refractivity contribution in [2.75, 3.05) is 7.11 Å². The molecular weight excluding hydrogens is 364 g/mol. The highest BCUT2D eigenvalue weighted by atomic mass is 16.5. The molecule has 2 aromatic heterocycles. The van der Waals surface area contributed by atoms with Gasteiger partial charge in [0.15, 0.2) is 5.82 Å². The zero-order chi connectivity index (χ0) is 20.2. The van der Waals surface area contributed by atoms with Gasteiger partial charge in [-0.15, -0.1) is 0 Å². The van der Waals surface area contributed by atoms with Crippen molar-refractivity contribution in [3.8, 4) is 17.3 Å². The maximum Gasteiger partial charge on any atom is 0.256 e. The standard InChI is InChI=1S/C23H22N4O2/c1-17-7-5-9-19(13-17)27-23(26-11-3-4-12-26)21(16-25-27)22(28)24-15-18-8-6-10-20(14-18)29-2/h3-14,16H,15H2,1-2H3,(H,24,28). The van der Waals surface area contributed by atoms with Crippen molar-refractivity contribution >= 4 is 5.91 Å². The molecule has 0 aliphatic rings. The monoisotopic (exact) mass is 386 g/mol. The van der Waals surface area contributed by atoms with Crippen molar-refractivity contribution in [1.82, 2.24) is 19.7 Å². The third-order valence-electron chi connectivity index (χ3n) is 4.67. The van der Waals surface area contributed by atoms with Gasteiger partial charge >= 0.3 is 0 Å². The summed E-state index contributed by atoms with van der Waals surface area (Å²) in [6.07, 6.45) is 5.42. The van der Waals surface area contributed by atoms with Crippen molar-refractivity contribution in [2.45, 2.75) is 13.5 Å². The summed E-state index contributed by atoms with van der Waals surface area (Å²) < 4.78 is 8.93. The number of carbonyl (C=O) groups is 1. The van der Waals surface area contributed by atoms with Gasteiger partial charge in [0.05, 0.1) is 19.0 Å². The van der Waals surface area contributed by atoms with Gasteiger partial charge in [-0.3, -0.25) is 4.79 Å². The summed E-state index contributed by atoms with van der Waals surface area (Å²) >= 11 is 0. The molecule has 0 atom stereocenters. The van der Waals surface area contributed by atoms with Crippen LogP contribution in [0.5, 0.6) is 5.75 Å². The van der Waals surface area contributed by atoms with E-state index in [1.165, 1.54) is 0 Å². The number of nitrogens with zero attached hydrogens (tertiary/aromatic N) is 3. The molecule has 0 saturated heterocycles. The fourth-order valence-corrected chi connectivity index (χ4v) is 3.23. The molecule has 0 fully saturated rings. The lowest BCUT2D eigenvalue weighted by atomic mass is 10.2. The molecule has 0 spiro atoms. The van der Waals surface area contributed by atoms with E-state index in [1.807, 2.05) is 84.5 Å². The van der Waals surface area contributed by atoms with Crippen LogP contribution in [-0.2, 0) is 6.54 Å². The molecule has 146 valence electrons. The number of aromatic nitrogens is 3. The average molecular weight is 386 g/mol. The predicted molar refractivity (Wildman–Crippen MR) is 112 cm³/mol. The minimum Gasteiger partial charge on any atom is -0.497 e. The molecule has 4 rings (SSSR count). The molecule has 0 aliphatic heterocycles. The Morgan fingerprint density at radius 2 is 1.86 bits per heavy atom. The summed E-state index contributed by atoms with van der Waals surface area (Å²) in [4.78, 5) is 13.0. The largest absolute Gasteiger partial charge is 0.497 e. The third-order valence-corrected chi connectivity index (χ3v) is 4.67. The van der Waals surface area contributed by atoms with Gasteiger partial charge in [-0.1, -0.05) is 24.3 Å². The topological polar surface area (TPSA) is 61.1 Å². The van der Waals surface area contributed by atoms with E-state index in [9.17, 15) is 4.79 Å². The van der Waals surface area contributed by atoms with Crippen molar-refractivity contribution in [1.29, 1.82) is 0 Å². The molecule has 2 heterocycles. The van der Waals surface area contributed by atoms with Crippen LogP contribution in [0.4, 0.5) is 0 Å². The van der Waals surface area contributed by atoms with Gasteiger partial charge < -0.3 is 14.6 Å². The van der Waals surface area contributed by atoms with Gasteiger partial charge in [-0.2, -0.15) is 5.10 Å². The molecule has 1 N–H and O–H groups in total. The van der Waals surface area contributed by atoms with E-state index in [-0.39, 0.29) is 5.91 Å². The lowest BCUT2D eigenvalue weighted by molar-refractivity contribution is 0.0951. The van der Waals surface area contributed by atoms with Crippen molar-refractivity contribution in [3.63, 3.8) is 0 Å². The lowest BCUT2D eigenvalue weighted by Gasteiger charge is -2.12. The van der Waals surface area contributed by atoms with Gasteiger partial charge in [0.25, 0.3) is 5.91 Å². The highest BCUT2D eigenvalue weighted by Gasteiger charge is 2.19. The summed E-state index contributed by atoms with van der Waals surface area (Å²) in [5.74, 6) is 1.27. The second kappa shape index (κ2) is 8.06. The van der Waals surface area contributed by atoms with Crippen LogP contribution < -0.4 is 10.1 Å². The number of ether oxygens (including phenoxy) is 1. The number of benzene rings is 2. The molecule has 6 heteroatoms. The molecule has 0 aliphatic carbocycles. The maximum absolute atomic E-state index is 13.0. The summed E-state index contributed by atoms with van der Waals surface area (Å²) in [7, 11) is 1.63. The Morgan fingerprint density at radius 1 is 1.07 bits per heavy atom. The van der Waals surface area contributed by atoms with Gasteiger partial charge in [-0.05, 0) is 54.4 Å². The fraction of sp³-hybridized carbons (Fsp3) is 0.130. The first-order chi connectivity index (χ1) is 14.2. The minimum absolute atomic E-state index is 0.185. The second-order valence-electron chi connectivity index (χ2n) is 6.76. The van der Waals surface area contributed by atoms with E-state index >= 15 is 0 Å². The van der Waals surface area contributed by atoms with Gasteiger partial charge in [0.1, 0.15) is 11.3 Å². The number of nitrogens with one attached hydrogen (secondary N) is 1. The van der Waals surface area contributed by atoms with Crippen LogP contribution in [0.15, 0.2) is 79.3 Å². The first kappa shape index (κ1) is 18.6. The molecule has 29 heavy (non-hydrogen) atoms. The van der Waals surface area contributed by atoms with E-state index in [0.717, 1.165) is 22.6 Å². The molecule has 4 aromatic rings. The highest BCUT2D eigenvalue weighted by molar-refractivity contribution is 5.97. The van der Waals surface area contributed by atoms with Gasteiger partial charge in [-0.25, -0.2) is 4.68 Å². The second-order valence-corrected chi connectivity index (χ2v) is 6.76. The van der Waals surface area contributed by atoms with E-state index in [1.54, 1.807) is 18.0 Å². The van der Waals surface area contributed by atoms with Crippen LogP contribution in [0.1, 0.15) is 21.5 Å². The highest BCUT2D eigenvalue weighted by Crippen LogP contribution is 2.21. The molecule has 0 radical (unpaired) electrons. The van der Waals surface area contributed by atoms with Crippen LogP contribution >= 0.6 is 0 Å². The van der Waals surface area contributed by atoms with E-state index in [4.69, 9.17) is 4.74 Å². The Balaban J connectivity index is 1.65. The van der Waals surface area contributed by atoms with Crippen LogP contribution in [0.3, 0.4) is 0 Å². The Bertz CT molecular complexity index is 1130. The zero-order valence-electron chi connectivity index (χ0n) is 16.4. The number of hydrogen-bond donors (Lipinski definition) is 1. The zero-order valence-corrected chi connectivity index (χ0v) is 16.4. The Morgan fingerprint density at radius 3 is 2.62 bits per heavy atom. The normalized spacial score (nSPS) is 10.7. The third kappa shape index (κ3) is 3.91. The summed E-state index contributed by atoms with van der Waals surface area (Å²) in [5.41, 5.74) is 3.50. The number of hydrogen-bond acceptors (Lipinski definition) is 3. The number of methoxy groups -OCH3 is 1. The van der Waals surface area contributed by atoms with Crippen LogP contribution in [-0.4, -0.2) is 27.4 Å². The van der Waals surface area contributed by atoms with E-state index < -0.39 is 0 Å².